The fraction of sp³-hybridized carbons (Fsp3) is 0.0667. The van der Waals surface area contributed by atoms with Crippen LogP contribution < -0.4 is 15.8 Å². The number of carbonyl (C=O) groups excluding carboxylic acids is 2. The van der Waals surface area contributed by atoms with E-state index in [4.69, 9.17) is 10.5 Å². The van der Waals surface area contributed by atoms with Gasteiger partial charge in [-0.05, 0) is 30.3 Å². The van der Waals surface area contributed by atoms with Gasteiger partial charge in [-0.3, -0.25) is 9.59 Å². The highest BCUT2D eigenvalue weighted by atomic mass is 79.9. The third kappa shape index (κ3) is 4.32. The molecule has 0 heterocycles. The van der Waals surface area contributed by atoms with E-state index in [-0.39, 0.29) is 18.1 Å². The van der Waals surface area contributed by atoms with Gasteiger partial charge in [-0.25, -0.2) is 0 Å². The second-order valence-electron chi connectivity index (χ2n) is 4.20. The molecule has 0 fully saturated rings. The Balaban J connectivity index is 2.01. The first-order valence-corrected chi connectivity index (χ1v) is 6.92. The van der Waals surface area contributed by atoms with Crippen LogP contribution >= 0.6 is 15.9 Å². The van der Waals surface area contributed by atoms with Gasteiger partial charge in [-0.2, -0.15) is 0 Å². The van der Waals surface area contributed by atoms with E-state index in [0.29, 0.717) is 15.9 Å². The summed E-state index contributed by atoms with van der Waals surface area (Å²) >= 11 is 3.25. The van der Waals surface area contributed by atoms with Crippen LogP contribution in [-0.2, 0) is 4.79 Å². The zero-order chi connectivity index (χ0) is 15.2. The van der Waals surface area contributed by atoms with Crippen LogP contribution in [0.1, 0.15) is 10.4 Å². The summed E-state index contributed by atoms with van der Waals surface area (Å²) < 4.78 is 6.03. The molecule has 5 nitrogen and oxygen atoms in total. The van der Waals surface area contributed by atoms with Gasteiger partial charge in [0, 0.05) is 4.47 Å². The number of hydrogen-bond acceptors (Lipinski definition) is 3. The van der Waals surface area contributed by atoms with E-state index in [0.717, 1.165) is 0 Å². The number of nitrogens with one attached hydrogen (secondary N) is 1. The van der Waals surface area contributed by atoms with Crippen molar-refractivity contribution in [3.8, 4) is 5.75 Å². The van der Waals surface area contributed by atoms with E-state index in [1.165, 1.54) is 0 Å². The van der Waals surface area contributed by atoms with E-state index < -0.39 is 5.91 Å². The van der Waals surface area contributed by atoms with Crippen molar-refractivity contribution in [2.45, 2.75) is 0 Å². The molecule has 2 aromatic rings. The standard InChI is InChI=1S/C15H13BrN2O3/c16-10-6-7-13(12(8-10)15(17)20)18-14(19)9-21-11-4-2-1-3-5-11/h1-8H,9H2,(H2,17,20)(H,18,19). The van der Waals surface area contributed by atoms with Gasteiger partial charge in [0.05, 0.1) is 11.3 Å². The highest BCUT2D eigenvalue weighted by molar-refractivity contribution is 9.10. The molecule has 0 aliphatic carbocycles. The number of primary amides is 1. The summed E-state index contributed by atoms with van der Waals surface area (Å²) in [6.45, 7) is -0.154. The molecule has 2 aromatic carbocycles. The van der Waals surface area contributed by atoms with Gasteiger partial charge in [0.2, 0.25) is 0 Å². The van der Waals surface area contributed by atoms with Crippen molar-refractivity contribution in [3.63, 3.8) is 0 Å². The van der Waals surface area contributed by atoms with Gasteiger partial charge in [-0.1, -0.05) is 34.1 Å². The third-order valence-electron chi connectivity index (χ3n) is 2.63. The molecule has 0 aliphatic heterocycles. The van der Waals surface area contributed by atoms with Crippen molar-refractivity contribution in [2.75, 3.05) is 11.9 Å². The molecule has 21 heavy (non-hydrogen) atoms. The fourth-order valence-corrected chi connectivity index (χ4v) is 2.04. The largest absolute Gasteiger partial charge is 0.484 e. The van der Waals surface area contributed by atoms with Crippen molar-refractivity contribution in [1.29, 1.82) is 0 Å². The summed E-state index contributed by atoms with van der Waals surface area (Å²) in [4.78, 5) is 23.2. The monoisotopic (exact) mass is 348 g/mol. The number of amides is 2. The average molecular weight is 349 g/mol. The molecule has 0 unspecified atom stereocenters. The molecule has 0 radical (unpaired) electrons. The molecule has 0 aromatic heterocycles. The number of carbonyl (C=O) groups is 2. The maximum atomic E-state index is 11.8. The smallest absolute Gasteiger partial charge is 0.262 e. The summed E-state index contributed by atoms with van der Waals surface area (Å²) in [5.74, 6) is -0.391. The summed E-state index contributed by atoms with van der Waals surface area (Å²) in [6.07, 6.45) is 0. The normalized spacial score (nSPS) is 9.95. The molecule has 0 atom stereocenters. The first-order valence-electron chi connectivity index (χ1n) is 6.13. The Hall–Kier alpha value is -2.34. The molecule has 0 bridgehead atoms. The van der Waals surface area contributed by atoms with Gasteiger partial charge in [0.15, 0.2) is 6.61 Å². The van der Waals surface area contributed by atoms with Crippen LogP contribution in [0.15, 0.2) is 53.0 Å². The second-order valence-corrected chi connectivity index (χ2v) is 5.12. The lowest BCUT2D eigenvalue weighted by atomic mass is 10.1. The highest BCUT2D eigenvalue weighted by Gasteiger charge is 2.12. The van der Waals surface area contributed by atoms with Crippen LogP contribution in [0.5, 0.6) is 5.75 Å². The lowest BCUT2D eigenvalue weighted by Gasteiger charge is -2.10. The minimum atomic E-state index is -0.615. The van der Waals surface area contributed by atoms with E-state index in [2.05, 4.69) is 21.2 Å². The van der Waals surface area contributed by atoms with Gasteiger partial charge < -0.3 is 15.8 Å². The summed E-state index contributed by atoms with van der Waals surface area (Å²) in [6, 6.07) is 13.8. The van der Waals surface area contributed by atoms with Gasteiger partial charge in [0.1, 0.15) is 5.75 Å². The van der Waals surface area contributed by atoms with E-state index in [9.17, 15) is 9.59 Å². The van der Waals surface area contributed by atoms with Crippen molar-refractivity contribution in [3.05, 3.63) is 58.6 Å². The SMILES string of the molecule is NC(=O)c1cc(Br)ccc1NC(=O)COc1ccccc1. The predicted molar refractivity (Wildman–Crippen MR) is 83.2 cm³/mol. The Morgan fingerprint density at radius 3 is 2.52 bits per heavy atom. The number of rotatable bonds is 5. The highest BCUT2D eigenvalue weighted by Crippen LogP contribution is 2.20. The van der Waals surface area contributed by atoms with Crippen LogP contribution in [0.4, 0.5) is 5.69 Å². The fourth-order valence-electron chi connectivity index (χ4n) is 1.68. The maximum Gasteiger partial charge on any atom is 0.262 e. The summed E-state index contributed by atoms with van der Waals surface area (Å²) in [5.41, 5.74) is 5.87. The van der Waals surface area contributed by atoms with E-state index >= 15 is 0 Å². The number of ether oxygens (including phenoxy) is 1. The Morgan fingerprint density at radius 1 is 1.14 bits per heavy atom. The molecule has 6 heteroatoms. The first-order chi connectivity index (χ1) is 10.1. The lowest BCUT2D eigenvalue weighted by molar-refractivity contribution is -0.118. The number of anilines is 1. The topological polar surface area (TPSA) is 81.4 Å². The summed E-state index contributed by atoms with van der Waals surface area (Å²) in [5, 5.41) is 2.60. The minimum Gasteiger partial charge on any atom is -0.484 e. The number of halogens is 1. The molecule has 0 spiro atoms. The van der Waals surface area contributed by atoms with Crippen molar-refractivity contribution >= 4 is 33.4 Å². The molecular formula is C15H13BrN2O3. The Labute approximate surface area is 130 Å². The van der Waals surface area contributed by atoms with Crippen molar-refractivity contribution in [1.82, 2.24) is 0 Å². The molecule has 3 N–H and O–H groups in total. The van der Waals surface area contributed by atoms with Gasteiger partial charge >= 0.3 is 0 Å². The van der Waals surface area contributed by atoms with Crippen LogP contribution in [0.3, 0.4) is 0 Å². The molecule has 2 amide bonds. The molecule has 0 saturated carbocycles. The lowest BCUT2D eigenvalue weighted by Crippen LogP contribution is -2.23. The van der Waals surface area contributed by atoms with E-state index in [1.54, 1.807) is 30.3 Å². The number of hydrogen-bond donors (Lipinski definition) is 2. The average Bonchev–Trinajstić information content (AvgIpc) is 2.48. The zero-order valence-corrected chi connectivity index (χ0v) is 12.6. The number of para-hydroxylation sites is 1. The Kier molecular flexibility index (Phi) is 4.94. The number of nitrogens with two attached hydrogens (primary N) is 1. The molecule has 108 valence electrons. The second kappa shape index (κ2) is 6.90. The minimum absolute atomic E-state index is 0.154. The Bertz CT molecular complexity index is 659. The zero-order valence-electron chi connectivity index (χ0n) is 11.0. The number of benzene rings is 2. The third-order valence-corrected chi connectivity index (χ3v) is 3.13. The quantitative estimate of drug-likeness (QED) is 0.871. The molecule has 0 aliphatic rings. The maximum absolute atomic E-state index is 11.8. The van der Waals surface area contributed by atoms with Crippen LogP contribution in [0, 0.1) is 0 Å². The van der Waals surface area contributed by atoms with E-state index in [1.807, 2.05) is 18.2 Å². The van der Waals surface area contributed by atoms with Crippen LogP contribution in [0.25, 0.3) is 0 Å². The molecule has 0 saturated heterocycles. The Morgan fingerprint density at radius 2 is 1.86 bits per heavy atom. The molecular weight excluding hydrogens is 336 g/mol. The van der Waals surface area contributed by atoms with Gasteiger partial charge in [-0.15, -0.1) is 0 Å². The van der Waals surface area contributed by atoms with Gasteiger partial charge in [0.25, 0.3) is 11.8 Å². The molecule has 2 rings (SSSR count). The summed E-state index contributed by atoms with van der Waals surface area (Å²) in [7, 11) is 0. The predicted octanol–water partition coefficient (Wildman–Crippen LogP) is 2.57. The van der Waals surface area contributed by atoms with Crippen molar-refractivity contribution < 1.29 is 14.3 Å². The van der Waals surface area contributed by atoms with Crippen molar-refractivity contribution in [2.24, 2.45) is 5.73 Å². The van der Waals surface area contributed by atoms with Crippen LogP contribution in [0.2, 0.25) is 0 Å². The first kappa shape index (κ1) is 15.1. The van der Waals surface area contributed by atoms with Crippen LogP contribution in [-0.4, -0.2) is 18.4 Å².